The first-order chi connectivity index (χ1) is 9.51. The third-order valence-electron chi connectivity index (χ3n) is 2.68. The van der Waals surface area contributed by atoms with E-state index < -0.39 is 5.97 Å². The fraction of sp³-hybridized carbons (Fsp3) is 0.231. The van der Waals surface area contributed by atoms with Crippen LogP contribution in [0, 0.1) is 0 Å². The second-order valence-electron chi connectivity index (χ2n) is 4.16. The van der Waals surface area contributed by atoms with Gasteiger partial charge >= 0.3 is 5.97 Å². The molecule has 2 N–H and O–H groups in total. The van der Waals surface area contributed by atoms with Crippen molar-refractivity contribution in [1.29, 1.82) is 0 Å². The lowest BCUT2D eigenvalue weighted by Gasteiger charge is -2.19. The van der Waals surface area contributed by atoms with Gasteiger partial charge in [-0.15, -0.1) is 11.3 Å². The predicted molar refractivity (Wildman–Crippen MR) is 81.4 cm³/mol. The Hall–Kier alpha value is -1.79. The molecule has 0 aromatic carbocycles. The number of pyridine rings is 1. The van der Waals surface area contributed by atoms with Crippen LogP contribution in [0.4, 0.5) is 11.5 Å². The fourth-order valence-electron chi connectivity index (χ4n) is 1.73. The zero-order valence-electron chi connectivity index (χ0n) is 11.1. The summed E-state index contributed by atoms with van der Waals surface area (Å²) in [5.41, 5.74) is 6.64. The largest absolute Gasteiger partial charge is 0.464 e. The van der Waals surface area contributed by atoms with E-state index in [9.17, 15) is 4.79 Å². The Kier molecular flexibility index (Phi) is 4.46. The van der Waals surface area contributed by atoms with Crippen LogP contribution in [0.2, 0.25) is 4.34 Å². The van der Waals surface area contributed by atoms with E-state index in [1.54, 1.807) is 12.1 Å². The Morgan fingerprint density at radius 3 is 2.80 bits per heavy atom. The molecule has 106 valence electrons. The SMILES string of the molecule is COC(=O)c1ccc(N)c(N(C)Cc2ccc(Cl)s2)n1. The minimum Gasteiger partial charge on any atom is -0.464 e. The van der Waals surface area contributed by atoms with Crippen LogP contribution < -0.4 is 10.6 Å². The van der Waals surface area contributed by atoms with Gasteiger partial charge in [0.25, 0.3) is 0 Å². The molecule has 0 amide bonds. The third-order valence-corrected chi connectivity index (χ3v) is 3.90. The number of carbonyl (C=O) groups is 1. The van der Waals surface area contributed by atoms with Crippen LogP contribution in [-0.4, -0.2) is 25.1 Å². The van der Waals surface area contributed by atoms with Crippen LogP contribution in [0.25, 0.3) is 0 Å². The molecule has 7 heteroatoms. The molecule has 5 nitrogen and oxygen atoms in total. The minimum absolute atomic E-state index is 0.229. The number of anilines is 2. The van der Waals surface area contributed by atoms with Crippen molar-refractivity contribution >= 4 is 40.4 Å². The van der Waals surface area contributed by atoms with Crippen molar-refractivity contribution in [2.75, 3.05) is 24.8 Å². The van der Waals surface area contributed by atoms with E-state index in [0.29, 0.717) is 18.1 Å². The van der Waals surface area contributed by atoms with Gasteiger partial charge in [-0.2, -0.15) is 0 Å². The van der Waals surface area contributed by atoms with Gasteiger partial charge in [-0.3, -0.25) is 0 Å². The van der Waals surface area contributed by atoms with Gasteiger partial charge < -0.3 is 15.4 Å². The molecule has 0 aliphatic carbocycles. The van der Waals surface area contributed by atoms with E-state index >= 15 is 0 Å². The van der Waals surface area contributed by atoms with E-state index in [0.717, 1.165) is 9.21 Å². The lowest BCUT2D eigenvalue weighted by Crippen LogP contribution is -2.20. The summed E-state index contributed by atoms with van der Waals surface area (Å²) >= 11 is 7.40. The van der Waals surface area contributed by atoms with Crippen molar-refractivity contribution in [1.82, 2.24) is 4.98 Å². The molecule has 0 spiro atoms. The lowest BCUT2D eigenvalue weighted by atomic mass is 10.3. The van der Waals surface area contributed by atoms with Gasteiger partial charge in [-0.25, -0.2) is 9.78 Å². The van der Waals surface area contributed by atoms with Crippen LogP contribution in [-0.2, 0) is 11.3 Å². The standard InChI is InChI=1S/C13H14ClN3O2S/c1-17(7-8-3-6-11(14)20-8)12-9(15)4-5-10(16-12)13(18)19-2/h3-6H,7,15H2,1-2H3. The number of ether oxygens (including phenoxy) is 1. The molecular formula is C13H14ClN3O2S. The molecule has 0 bridgehead atoms. The quantitative estimate of drug-likeness (QED) is 0.879. The van der Waals surface area contributed by atoms with E-state index in [4.69, 9.17) is 17.3 Å². The molecule has 2 aromatic heterocycles. The van der Waals surface area contributed by atoms with Crippen LogP contribution in [0.5, 0.6) is 0 Å². The second kappa shape index (κ2) is 6.11. The number of thiophene rings is 1. The summed E-state index contributed by atoms with van der Waals surface area (Å²) < 4.78 is 5.39. The summed E-state index contributed by atoms with van der Waals surface area (Å²) in [5.74, 6) is 0.0521. The van der Waals surface area contributed by atoms with Crippen LogP contribution in [0.3, 0.4) is 0 Å². The molecule has 0 fully saturated rings. The van der Waals surface area contributed by atoms with Crippen molar-refractivity contribution < 1.29 is 9.53 Å². The van der Waals surface area contributed by atoms with Gasteiger partial charge in [0.1, 0.15) is 0 Å². The molecule has 2 rings (SSSR count). The van der Waals surface area contributed by atoms with Crippen molar-refractivity contribution in [3.05, 3.63) is 39.2 Å². The highest BCUT2D eigenvalue weighted by molar-refractivity contribution is 7.16. The number of nitrogens with two attached hydrogens (primary N) is 1. The molecule has 0 aliphatic heterocycles. The van der Waals surface area contributed by atoms with Crippen LogP contribution in [0.1, 0.15) is 15.4 Å². The number of nitrogen functional groups attached to an aromatic ring is 1. The van der Waals surface area contributed by atoms with E-state index in [1.807, 2.05) is 24.1 Å². The molecule has 0 unspecified atom stereocenters. The number of halogens is 1. The molecule has 0 aliphatic rings. The summed E-state index contributed by atoms with van der Waals surface area (Å²) in [4.78, 5) is 18.7. The Bertz CT molecular complexity index is 630. The highest BCUT2D eigenvalue weighted by Crippen LogP contribution is 2.26. The van der Waals surface area contributed by atoms with Crippen molar-refractivity contribution in [3.8, 4) is 0 Å². The average molecular weight is 312 g/mol. The van der Waals surface area contributed by atoms with Crippen LogP contribution in [0.15, 0.2) is 24.3 Å². The highest BCUT2D eigenvalue weighted by atomic mass is 35.5. The summed E-state index contributed by atoms with van der Waals surface area (Å²) in [6.07, 6.45) is 0. The molecule has 2 aromatic rings. The summed E-state index contributed by atoms with van der Waals surface area (Å²) in [5, 5.41) is 0. The molecule has 0 radical (unpaired) electrons. The summed E-state index contributed by atoms with van der Waals surface area (Å²) in [6.45, 7) is 0.610. The van der Waals surface area contributed by atoms with Gasteiger partial charge in [0.05, 0.1) is 23.7 Å². The van der Waals surface area contributed by atoms with Crippen molar-refractivity contribution in [3.63, 3.8) is 0 Å². The first-order valence-electron chi connectivity index (χ1n) is 5.81. The molecule has 0 saturated heterocycles. The predicted octanol–water partition coefficient (Wildman–Crippen LogP) is 2.80. The molecule has 0 atom stereocenters. The van der Waals surface area contributed by atoms with Gasteiger partial charge in [-0.1, -0.05) is 11.6 Å². The van der Waals surface area contributed by atoms with Crippen molar-refractivity contribution in [2.24, 2.45) is 0 Å². The Morgan fingerprint density at radius 2 is 2.20 bits per heavy atom. The van der Waals surface area contributed by atoms with Gasteiger partial charge in [0.2, 0.25) is 0 Å². The number of hydrogen-bond donors (Lipinski definition) is 1. The first kappa shape index (κ1) is 14.6. The Labute approximate surface area is 125 Å². The maximum Gasteiger partial charge on any atom is 0.356 e. The summed E-state index contributed by atoms with van der Waals surface area (Å²) in [7, 11) is 3.17. The Balaban J connectivity index is 2.24. The number of hydrogen-bond acceptors (Lipinski definition) is 6. The second-order valence-corrected chi connectivity index (χ2v) is 5.96. The van der Waals surface area contributed by atoms with E-state index in [1.165, 1.54) is 18.4 Å². The number of methoxy groups -OCH3 is 1. The topological polar surface area (TPSA) is 68.5 Å². The molecule has 2 heterocycles. The van der Waals surface area contributed by atoms with Gasteiger partial charge in [0, 0.05) is 11.9 Å². The lowest BCUT2D eigenvalue weighted by molar-refractivity contribution is 0.0594. The number of aromatic nitrogens is 1. The smallest absolute Gasteiger partial charge is 0.356 e. The molecule has 20 heavy (non-hydrogen) atoms. The maximum atomic E-state index is 11.5. The molecule has 0 saturated carbocycles. The Morgan fingerprint density at radius 1 is 1.45 bits per heavy atom. The van der Waals surface area contributed by atoms with Crippen molar-refractivity contribution in [2.45, 2.75) is 6.54 Å². The van der Waals surface area contributed by atoms with E-state index in [2.05, 4.69) is 9.72 Å². The number of rotatable bonds is 4. The third kappa shape index (κ3) is 3.20. The monoisotopic (exact) mass is 311 g/mol. The number of carbonyl (C=O) groups excluding carboxylic acids is 1. The normalized spacial score (nSPS) is 10.3. The van der Waals surface area contributed by atoms with E-state index in [-0.39, 0.29) is 5.69 Å². The van der Waals surface area contributed by atoms with Gasteiger partial charge in [-0.05, 0) is 24.3 Å². The average Bonchev–Trinajstić information content (AvgIpc) is 2.83. The van der Waals surface area contributed by atoms with Gasteiger partial charge in [0.15, 0.2) is 11.5 Å². The van der Waals surface area contributed by atoms with Crippen LogP contribution >= 0.6 is 22.9 Å². The zero-order chi connectivity index (χ0) is 14.7. The number of nitrogens with zero attached hydrogens (tertiary/aromatic N) is 2. The first-order valence-corrected chi connectivity index (χ1v) is 7.01. The fourth-order valence-corrected chi connectivity index (χ4v) is 2.87. The zero-order valence-corrected chi connectivity index (χ0v) is 12.7. The summed E-state index contributed by atoms with van der Waals surface area (Å²) in [6, 6.07) is 6.98. The minimum atomic E-state index is -0.487. The number of esters is 1. The highest BCUT2D eigenvalue weighted by Gasteiger charge is 2.14. The molecular weight excluding hydrogens is 298 g/mol. The maximum absolute atomic E-state index is 11.5.